The first-order valence-electron chi connectivity index (χ1n) is 6.96. The molecule has 3 atom stereocenters. The lowest BCUT2D eigenvalue weighted by Crippen LogP contribution is -2.01. The molecule has 1 aliphatic carbocycles. The van der Waals surface area contributed by atoms with E-state index in [4.69, 9.17) is 0 Å². The highest BCUT2D eigenvalue weighted by molar-refractivity contribution is 4.97. The van der Waals surface area contributed by atoms with E-state index in [1.54, 1.807) is 0 Å². The van der Waals surface area contributed by atoms with Crippen molar-refractivity contribution in [2.45, 2.75) is 65.2 Å². The second-order valence-electron chi connectivity index (χ2n) is 5.20. The van der Waals surface area contributed by atoms with Crippen LogP contribution in [-0.4, -0.2) is 0 Å². The van der Waals surface area contributed by atoms with Crippen LogP contribution < -0.4 is 0 Å². The van der Waals surface area contributed by atoms with E-state index in [1.165, 1.54) is 51.4 Å². The van der Waals surface area contributed by atoms with Gasteiger partial charge in [0.2, 0.25) is 0 Å². The molecule has 0 bridgehead atoms. The molecule has 0 aromatic carbocycles. The lowest BCUT2D eigenvalue weighted by molar-refractivity contribution is 0.452. The third-order valence-electron chi connectivity index (χ3n) is 3.90. The van der Waals surface area contributed by atoms with Gasteiger partial charge in [-0.1, -0.05) is 58.4 Å². The van der Waals surface area contributed by atoms with E-state index in [-0.39, 0.29) is 0 Å². The summed E-state index contributed by atoms with van der Waals surface area (Å²) in [5, 5.41) is 0. The molecule has 0 radical (unpaired) electrons. The number of hydrogen-bond donors (Lipinski definition) is 0. The molecular formula is C15H28. The van der Waals surface area contributed by atoms with Crippen LogP contribution in [0.15, 0.2) is 12.7 Å². The topological polar surface area (TPSA) is 0 Å². The van der Waals surface area contributed by atoms with Crippen molar-refractivity contribution in [2.24, 2.45) is 17.8 Å². The van der Waals surface area contributed by atoms with Gasteiger partial charge in [0.05, 0.1) is 0 Å². The van der Waals surface area contributed by atoms with Crippen molar-refractivity contribution in [1.82, 2.24) is 0 Å². The Hall–Kier alpha value is -0.260. The van der Waals surface area contributed by atoms with Gasteiger partial charge < -0.3 is 0 Å². The molecule has 1 fully saturated rings. The highest BCUT2D eigenvalue weighted by Gasteiger charge is 2.40. The number of hydrogen-bond acceptors (Lipinski definition) is 0. The van der Waals surface area contributed by atoms with Crippen LogP contribution in [0.4, 0.5) is 0 Å². The van der Waals surface area contributed by atoms with Gasteiger partial charge in [-0.2, -0.15) is 0 Å². The van der Waals surface area contributed by atoms with E-state index in [0.717, 1.165) is 17.8 Å². The maximum Gasteiger partial charge on any atom is -0.0205 e. The van der Waals surface area contributed by atoms with Gasteiger partial charge in [-0.25, -0.2) is 0 Å². The minimum Gasteiger partial charge on any atom is -0.103 e. The van der Waals surface area contributed by atoms with Gasteiger partial charge >= 0.3 is 0 Å². The smallest absolute Gasteiger partial charge is 0.0205 e. The Balaban J connectivity index is 2.14. The second kappa shape index (κ2) is 7.09. The van der Waals surface area contributed by atoms with Crippen molar-refractivity contribution in [3.63, 3.8) is 0 Å². The van der Waals surface area contributed by atoms with E-state index in [1.807, 2.05) is 0 Å². The van der Waals surface area contributed by atoms with E-state index in [9.17, 15) is 0 Å². The van der Waals surface area contributed by atoms with Crippen LogP contribution in [0.25, 0.3) is 0 Å². The lowest BCUT2D eigenvalue weighted by Gasteiger charge is -2.11. The first-order valence-corrected chi connectivity index (χ1v) is 6.96. The molecule has 0 aromatic heterocycles. The Bertz CT molecular complexity index is 171. The van der Waals surface area contributed by atoms with Crippen molar-refractivity contribution < 1.29 is 0 Å². The van der Waals surface area contributed by atoms with Crippen molar-refractivity contribution in [3.05, 3.63) is 12.7 Å². The number of allylic oxidation sites excluding steroid dienone is 1. The summed E-state index contributed by atoms with van der Waals surface area (Å²) in [6, 6.07) is 0. The fourth-order valence-corrected chi connectivity index (χ4v) is 2.73. The maximum absolute atomic E-state index is 4.02. The molecule has 3 unspecified atom stereocenters. The predicted molar refractivity (Wildman–Crippen MR) is 69.0 cm³/mol. The second-order valence-corrected chi connectivity index (χ2v) is 5.20. The predicted octanol–water partition coefficient (Wildman–Crippen LogP) is 5.20. The van der Waals surface area contributed by atoms with Gasteiger partial charge in [0.15, 0.2) is 0 Å². The molecule has 0 heterocycles. The van der Waals surface area contributed by atoms with Crippen LogP contribution in [0.1, 0.15) is 65.2 Å². The zero-order valence-electron chi connectivity index (χ0n) is 10.7. The summed E-state index contributed by atoms with van der Waals surface area (Å²) in [5.41, 5.74) is 0. The fraction of sp³-hybridized carbons (Fsp3) is 0.867. The van der Waals surface area contributed by atoms with Gasteiger partial charge in [-0.05, 0) is 30.6 Å². The molecule has 15 heavy (non-hydrogen) atoms. The molecule has 1 aliphatic rings. The van der Waals surface area contributed by atoms with Crippen molar-refractivity contribution >= 4 is 0 Å². The van der Waals surface area contributed by atoms with Gasteiger partial charge in [0.1, 0.15) is 0 Å². The first-order chi connectivity index (χ1) is 7.33. The van der Waals surface area contributed by atoms with Crippen molar-refractivity contribution in [3.8, 4) is 0 Å². The molecule has 88 valence electrons. The third-order valence-corrected chi connectivity index (χ3v) is 3.90. The van der Waals surface area contributed by atoms with Crippen LogP contribution in [-0.2, 0) is 0 Å². The maximum atomic E-state index is 4.02. The highest BCUT2D eigenvalue weighted by Crippen LogP contribution is 2.49. The summed E-state index contributed by atoms with van der Waals surface area (Å²) in [6.07, 6.45) is 13.5. The number of rotatable bonds is 9. The molecular weight excluding hydrogens is 180 g/mol. The Morgan fingerprint density at radius 3 is 2.53 bits per heavy atom. The normalized spacial score (nSPS) is 26.3. The molecule has 0 aromatic rings. The summed E-state index contributed by atoms with van der Waals surface area (Å²) in [4.78, 5) is 0. The molecule has 0 saturated heterocycles. The van der Waals surface area contributed by atoms with Crippen molar-refractivity contribution in [1.29, 1.82) is 0 Å². The summed E-state index contributed by atoms with van der Waals surface area (Å²) in [5.74, 6) is 2.89. The average Bonchev–Trinajstić information content (AvgIpc) is 3.01. The van der Waals surface area contributed by atoms with E-state index in [0.29, 0.717) is 0 Å². The standard InChI is InChI=1S/C15H28/c1-4-7-9-11-13(6-3)15-12-14(15)10-8-5-2/h6,13-15H,3-5,7-12H2,1-2H3. The van der Waals surface area contributed by atoms with E-state index in [2.05, 4.69) is 26.5 Å². The Kier molecular flexibility index (Phi) is 6.05. The minimum absolute atomic E-state index is 0.832. The molecule has 0 heteroatoms. The molecule has 1 rings (SSSR count). The Morgan fingerprint density at radius 1 is 1.20 bits per heavy atom. The fourth-order valence-electron chi connectivity index (χ4n) is 2.73. The largest absolute Gasteiger partial charge is 0.103 e. The van der Waals surface area contributed by atoms with E-state index < -0.39 is 0 Å². The third kappa shape index (κ3) is 4.40. The molecule has 0 nitrogen and oxygen atoms in total. The highest BCUT2D eigenvalue weighted by atomic mass is 14.4. The molecule has 1 saturated carbocycles. The van der Waals surface area contributed by atoms with Gasteiger partial charge in [0, 0.05) is 0 Å². The van der Waals surface area contributed by atoms with Crippen molar-refractivity contribution in [2.75, 3.05) is 0 Å². The summed E-state index contributed by atoms with van der Waals surface area (Å²) in [6.45, 7) is 8.59. The summed E-state index contributed by atoms with van der Waals surface area (Å²) >= 11 is 0. The van der Waals surface area contributed by atoms with Crippen LogP contribution in [0.2, 0.25) is 0 Å². The van der Waals surface area contributed by atoms with Gasteiger partial charge in [-0.15, -0.1) is 6.58 Å². The zero-order chi connectivity index (χ0) is 11.1. The minimum atomic E-state index is 0.832. The molecule has 0 N–H and O–H groups in total. The molecule has 0 spiro atoms. The Morgan fingerprint density at radius 2 is 1.93 bits per heavy atom. The average molecular weight is 208 g/mol. The Labute approximate surface area is 96.2 Å². The SMILES string of the molecule is C=CC(CCCCC)C1CC1CCCC. The lowest BCUT2D eigenvalue weighted by atomic mass is 9.94. The van der Waals surface area contributed by atoms with Crippen LogP contribution in [0, 0.1) is 17.8 Å². The zero-order valence-corrected chi connectivity index (χ0v) is 10.7. The quantitative estimate of drug-likeness (QED) is 0.361. The first kappa shape index (κ1) is 12.8. The number of unbranched alkanes of at least 4 members (excludes halogenated alkanes) is 3. The van der Waals surface area contributed by atoms with Crippen LogP contribution in [0.5, 0.6) is 0 Å². The summed E-state index contributed by atoms with van der Waals surface area (Å²) in [7, 11) is 0. The monoisotopic (exact) mass is 208 g/mol. The summed E-state index contributed by atoms with van der Waals surface area (Å²) < 4.78 is 0. The van der Waals surface area contributed by atoms with Gasteiger partial charge in [0.25, 0.3) is 0 Å². The molecule has 0 aliphatic heterocycles. The van der Waals surface area contributed by atoms with Gasteiger partial charge in [-0.3, -0.25) is 0 Å². The van der Waals surface area contributed by atoms with Crippen LogP contribution in [0.3, 0.4) is 0 Å². The molecule has 0 amide bonds. The van der Waals surface area contributed by atoms with E-state index >= 15 is 0 Å². The van der Waals surface area contributed by atoms with Crippen LogP contribution >= 0.6 is 0 Å².